The van der Waals surface area contributed by atoms with Crippen LogP contribution in [0, 0.1) is 0 Å². The molecule has 1 amide bonds. The second kappa shape index (κ2) is 7.14. The van der Waals surface area contributed by atoms with Crippen molar-refractivity contribution in [1.29, 1.82) is 0 Å². The third kappa shape index (κ3) is 3.92. The quantitative estimate of drug-likeness (QED) is 0.770. The van der Waals surface area contributed by atoms with E-state index in [1.807, 2.05) is 25.2 Å². The predicted molar refractivity (Wildman–Crippen MR) is 96.0 cm³/mol. The zero-order valence-corrected chi connectivity index (χ0v) is 15.7. The Balaban J connectivity index is 0.00000208. The van der Waals surface area contributed by atoms with Crippen molar-refractivity contribution < 1.29 is 9.53 Å². The Labute approximate surface area is 152 Å². The second-order valence-electron chi connectivity index (χ2n) is 6.74. The van der Waals surface area contributed by atoms with Crippen LogP contribution in [0.5, 0.6) is 0 Å². The number of ether oxygens (including phenoxy) is 1. The van der Waals surface area contributed by atoms with Gasteiger partial charge in [-0.25, -0.2) is 9.78 Å². The number of carbonyl (C=O) groups excluding carboxylic acids is 1. The van der Waals surface area contributed by atoms with Crippen LogP contribution < -0.4 is 0 Å². The molecule has 9 heteroatoms. The van der Waals surface area contributed by atoms with Crippen molar-refractivity contribution in [2.45, 2.75) is 45.1 Å². The fourth-order valence-electron chi connectivity index (χ4n) is 2.77. The normalized spacial score (nSPS) is 18.3. The summed E-state index contributed by atoms with van der Waals surface area (Å²) < 4.78 is 7.31. The van der Waals surface area contributed by atoms with Gasteiger partial charge >= 0.3 is 6.09 Å². The van der Waals surface area contributed by atoms with Crippen molar-refractivity contribution in [3.8, 4) is 0 Å². The summed E-state index contributed by atoms with van der Waals surface area (Å²) in [7, 11) is 0. The molecule has 1 aliphatic rings. The van der Waals surface area contributed by atoms with E-state index in [2.05, 4.69) is 15.2 Å². The van der Waals surface area contributed by atoms with Gasteiger partial charge in [-0.2, -0.15) is 13.5 Å². The average molecular weight is 372 g/mol. The molecule has 1 atom stereocenters. The van der Waals surface area contributed by atoms with Crippen molar-refractivity contribution in [3.63, 3.8) is 0 Å². The van der Waals surface area contributed by atoms with E-state index in [1.54, 1.807) is 17.3 Å². The number of nitrogens with zero attached hydrogens (tertiary/aromatic N) is 5. The van der Waals surface area contributed by atoms with Crippen LogP contribution in [0.2, 0.25) is 5.15 Å². The van der Waals surface area contributed by atoms with Gasteiger partial charge in [0.25, 0.3) is 0 Å². The molecule has 0 aromatic carbocycles. The molecule has 1 fully saturated rings. The number of carbonyl (C=O) groups is 1. The number of amides is 1. The molecule has 2 aromatic rings. The van der Waals surface area contributed by atoms with Gasteiger partial charge in [-0.1, -0.05) is 11.6 Å². The third-order valence-corrected chi connectivity index (χ3v) is 4.02. The molecule has 1 aliphatic heterocycles. The molecule has 0 aliphatic carbocycles. The van der Waals surface area contributed by atoms with Crippen LogP contribution in [0.1, 0.15) is 45.4 Å². The van der Waals surface area contributed by atoms with Crippen molar-refractivity contribution >= 4 is 36.8 Å². The van der Waals surface area contributed by atoms with Crippen LogP contribution in [-0.4, -0.2) is 49.3 Å². The van der Waals surface area contributed by atoms with Gasteiger partial charge in [0.05, 0.1) is 0 Å². The first kappa shape index (κ1) is 18.8. The molecule has 0 saturated carbocycles. The lowest BCUT2D eigenvalue weighted by Crippen LogP contribution is -2.42. The number of hydrogen-bond donors (Lipinski definition) is 0. The first-order valence-corrected chi connectivity index (χ1v) is 8.06. The van der Waals surface area contributed by atoms with Crippen LogP contribution in [0.15, 0.2) is 12.4 Å². The minimum atomic E-state index is -0.495. The Morgan fingerprint density at radius 1 is 1.38 bits per heavy atom. The molecule has 7 nitrogen and oxygen atoms in total. The summed E-state index contributed by atoms with van der Waals surface area (Å²) in [5, 5.41) is 8.69. The lowest BCUT2D eigenvalue weighted by atomic mass is 9.97. The zero-order chi connectivity index (χ0) is 16.6. The number of likely N-dealkylation sites (tertiary alicyclic amines) is 1. The van der Waals surface area contributed by atoms with Crippen LogP contribution in [0.3, 0.4) is 0 Å². The van der Waals surface area contributed by atoms with Gasteiger partial charge in [-0.05, 0) is 33.6 Å². The molecule has 24 heavy (non-hydrogen) atoms. The number of halogens is 1. The Bertz CT molecular complexity index is 730. The molecular formula is C15H22ClN5O2S. The van der Waals surface area contributed by atoms with E-state index < -0.39 is 5.60 Å². The standard InChI is InChI=1S/C15H20ClN5O2.H2S/c1-15(2,3)23-14(22)20-7-4-5-10(9-20)12-18-19-13-11(16)17-6-8-21(12)13;/h6,8,10H,4-5,7,9H2,1-3H3;1H2/t10-;/m0./s1. The number of aromatic nitrogens is 4. The highest BCUT2D eigenvalue weighted by Gasteiger charge is 2.30. The molecule has 2 aromatic heterocycles. The molecule has 1 saturated heterocycles. The van der Waals surface area contributed by atoms with Gasteiger partial charge in [0, 0.05) is 31.4 Å². The minimum Gasteiger partial charge on any atom is -0.444 e. The average Bonchev–Trinajstić information content (AvgIpc) is 2.91. The lowest BCUT2D eigenvalue weighted by Gasteiger charge is -2.33. The predicted octanol–water partition coefficient (Wildman–Crippen LogP) is 3.01. The number of rotatable bonds is 1. The first-order chi connectivity index (χ1) is 10.8. The molecule has 0 unspecified atom stereocenters. The first-order valence-electron chi connectivity index (χ1n) is 7.68. The Kier molecular flexibility index (Phi) is 5.59. The van der Waals surface area contributed by atoms with E-state index in [1.165, 1.54) is 0 Å². The van der Waals surface area contributed by atoms with Crippen LogP contribution in [0.25, 0.3) is 5.65 Å². The second-order valence-corrected chi connectivity index (χ2v) is 7.09. The Morgan fingerprint density at radius 2 is 2.12 bits per heavy atom. The van der Waals surface area contributed by atoms with Crippen molar-refractivity contribution in [3.05, 3.63) is 23.4 Å². The highest BCUT2D eigenvalue weighted by atomic mass is 35.5. The summed E-state index contributed by atoms with van der Waals surface area (Å²) in [5.41, 5.74) is 0.0451. The van der Waals surface area contributed by atoms with E-state index in [0.29, 0.717) is 23.9 Å². The highest BCUT2D eigenvalue weighted by Crippen LogP contribution is 2.28. The minimum absolute atomic E-state index is 0. The van der Waals surface area contributed by atoms with Crippen molar-refractivity contribution in [2.24, 2.45) is 0 Å². The van der Waals surface area contributed by atoms with E-state index in [0.717, 1.165) is 18.7 Å². The fraction of sp³-hybridized carbons (Fsp3) is 0.600. The Morgan fingerprint density at radius 3 is 2.83 bits per heavy atom. The summed E-state index contributed by atoms with van der Waals surface area (Å²) in [5.74, 6) is 0.905. The molecule has 0 bridgehead atoms. The number of fused-ring (bicyclic) bond motifs is 1. The van der Waals surface area contributed by atoms with Crippen LogP contribution in [-0.2, 0) is 4.74 Å². The van der Waals surface area contributed by atoms with Crippen LogP contribution in [0.4, 0.5) is 4.79 Å². The number of piperidine rings is 1. The molecule has 0 N–H and O–H groups in total. The van der Waals surface area contributed by atoms with Gasteiger partial charge in [0.2, 0.25) is 0 Å². The van der Waals surface area contributed by atoms with Gasteiger partial charge in [0.1, 0.15) is 11.4 Å². The summed E-state index contributed by atoms with van der Waals surface area (Å²) in [6.07, 6.45) is 4.98. The Hall–Kier alpha value is -1.54. The van der Waals surface area contributed by atoms with E-state index in [4.69, 9.17) is 16.3 Å². The maximum absolute atomic E-state index is 12.3. The molecular weight excluding hydrogens is 350 g/mol. The smallest absolute Gasteiger partial charge is 0.410 e. The summed E-state index contributed by atoms with van der Waals surface area (Å²) >= 11 is 6.04. The summed E-state index contributed by atoms with van der Waals surface area (Å²) in [6.45, 7) is 6.87. The van der Waals surface area contributed by atoms with E-state index in [-0.39, 0.29) is 25.5 Å². The molecule has 132 valence electrons. The van der Waals surface area contributed by atoms with Gasteiger partial charge in [0.15, 0.2) is 10.8 Å². The molecule has 3 heterocycles. The monoisotopic (exact) mass is 371 g/mol. The molecule has 3 rings (SSSR count). The molecule has 0 radical (unpaired) electrons. The molecule has 0 spiro atoms. The largest absolute Gasteiger partial charge is 0.444 e. The summed E-state index contributed by atoms with van der Waals surface area (Å²) in [6, 6.07) is 0. The fourth-order valence-corrected chi connectivity index (χ4v) is 2.96. The SMILES string of the molecule is CC(C)(C)OC(=O)N1CCC[C@H](c2nnc3c(Cl)nccn23)C1.S. The van der Waals surface area contributed by atoms with E-state index in [9.17, 15) is 4.79 Å². The maximum Gasteiger partial charge on any atom is 0.410 e. The third-order valence-electron chi connectivity index (χ3n) is 3.75. The highest BCUT2D eigenvalue weighted by molar-refractivity contribution is 7.59. The number of hydrogen-bond acceptors (Lipinski definition) is 5. The van der Waals surface area contributed by atoms with Gasteiger partial charge in [-0.15, -0.1) is 10.2 Å². The lowest BCUT2D eigenvalue weighted by molar-refractivity contribution is 0.0195. The van der Waals surface area contributed by atoms with Crippen molar-refractivity contribution in [1.82, 2.24) is 24.5 Å². The topological polar surface area (TPSA) is 72.6 Å². The van der Waals surface area contributed by atoms with Gasteiger partial charge < -0.3 is 9.64 Å². The van der Waals surface area contributed by atoms with Crippen LogP contribution >= 0.6 is 25.1 Å². The maximum atomic E-state index is 12.3. The zero-order valence-electron chi connectivity index (χ0n) is 14.0. The van der Waals surface area contributed by atoms with Crippen molar-refractivity contribution in [2.75, 3.05) is 13.1 Å². The summed E-state index contributed by atoms with van der Waals surface area (Å²) in [4.78, 5) is 18.0. The van der Waals surface area contributed by atoms with Gasteiger partial charge in [-0.3, -0.25) is 4.40 Å². The van der Waals surface area contributed by atoms with E-state index >= 15 is 0 Å².